The summed E-state index contributed by atoms with van der Waals surface area (Å²) in [5.74, 6) is -0.514. The summed E-state index contributed by atoms with van der Waals surface area (Å²) in [4.78, 5) is 4.30. The zero-order chi connectivity index (χ0) is 12.4. The Morgan fingerprint density at radius 2 is 2.29 bits per heavy atom. The van der Waals surface area contributed by atoms with Gasteiger partial charge in [-0.1, -0.05) is 11.6 Å². The molecule has 2 rings (SSSR count). The largest absolute Gasteiger partial charge is 0.397 e. The fourth-order valence-electron chi connectivity index (χ4n) is 1.37. The highest BCUT2D eigenvalue weighted by Crippen LogP contribution is 2.26. The molecule has 0 aliphatic heterocycles. The van der Waals surface area contributed by atoms with E-state index in [4.69, 9.17) is 17.3 Å². The normalized spacial score (nSPS) is 10.5. The van der Waals surface area contributed by atoms with Crippen molar-refractivity contribution < 1.29 is 4.39 Å². The van der Waals surface area contributed by atoms with Gasteiger partial charge in [-0.3, -0.25) is 0 Å². The van der Waals surface area contributed by atoms with Crippen LogP contribution in [0.15, 0.2) is 17.5 Å². The Hall–Kier alpha value is -1.33. The number of aromatic nitrogens is 1. The van der Waals surface area contributed by atoms with Crippen molar-refractivity contribution in [2.75, 3.05) is 11.1 Å². The van der Waals surface area contributed by atoms with Crippen molar-refractivity contribution in [3.8, 4) is 0 Å². The van der Waals surface area contributed by atoms with E-state index in [2.05, 4.69) is 10.3 Å². The number of nitrogen functional groups attached to an aromatic ring is 1. The lowest BCUT2D eigenvalue weighted by Gasteiger charge is -2.08. The highest BCUT2D eigenvalue weighted by atomic mass is 35.5. The van der Waals surface area contributed by atoms with Gasteiger partial charge in [-0.15, -0.1) is 11.3 Å². The molecule has 3 N–H and O–H groups in total. The van der Waals surface area contributed by atoms with Crippen molar-refractivity contribution in [3.63, 3.8) is 0 Å². The standard InChI is InChI=1S/C11H11ClFN3S/c1-6-5-17-11(16-6)4-15-10-2-7(12)8(13)3-9(10)14/h2-3,5,15H,4,14H2,1H3. The van der Waals surface area contributed by atoms with E-state index in [1.807, 2.05) is 12.3 Å². The quantitative estimate of drug-likeness (QED) is 0.841. The molecule has 3 nitrogen and oxygen atoms in total. The van der Waals surface area contributed by atoms with Crippen LogP contribution in [0.1, 0.15) is 10.7 Å². The molecule has 1 heterocycles. The summed E-state index contributed by atoms with van der Waals surface area (Å²) in [7, 11) is 0. The van der Waals surface area contributed by atoms with E-state index in [9.17, 15) is 4.39 Å². The Kier molecular flexibility index (Phi) is 3.49. The number of nitrogens with two attached hydrogens (primary N) is 1. The monoisotopic (exact) mass is 271 g/mol. The Labute approximate surface area is 107 Å². The molecule has 0 aliphatic carbocycles. The van der Waals surface area contributed by atoms with Gasteiger partial charge in [-0.2, -0.15) is 0 Å². The minimum atomic E-state index is -0.514. The topological polar surface area (TPSA) is 50.9 Å². The third-order valence-electron chi connectivity index (χ3n) is 2.19. The van der Waals surface area contributed by atoms with E-state index in [1.165, 1.54) is 12.1 Å². The van der Waals surface area contributed by atoms with E-state index < -0.39 is 5.82 Å². The lowest BCUT2D eigenvalue weighted by atomic mass is 10.2. The molecule has 0 radical (unpaired) electrons. The Morgan fingerprint density at radius 1 is 1.53 bits per heavy atom. The van der Waals surface area contributed by atoms with Crippen molar-refractivity contribution in [3.05, 3.63) is 39.1 Å². The molecule has 0 bridgehead atoms. The van der Waals surface area contributed by atoms with Crippen LogP contribution >= 0.6 is 22.9 Å². The van der Waals surface area contributed by atoms with Gasteiger partial charge >= 0.3 is 0 Å². The number of hydrogen-bond acceptors (Lipinski definition) is 4. The second-order valence-electron chi connectivity index (χ2n) is 3.59. The number of anilines is 2. The smallest absolute Gasteiger partial charge is 0.143 e. The molecule has 0 fully saturated rings. The highest BCUT2D eigenvalue weighted by molar-refractivity contribution is 7.09. The van der Waals surface area contributed by atoms with Crippen LogP contribution in [-0.2, 0) is 6.54 Å². The predicted molar refractivity (Wildman–Crippen MR) is 70.0 cm³/mol. The van der Waals surface area contributed by atoms with Crippen LogP contribution in [0.25, 0.3) is 0 Å². The van der Waals surface area contributed by atoms with Crippen molar-refractivity contribution >= 4 is 34.3 Å². The molecule has 1 aromatic heterocycles. The van der Waals surface area contributed by atoms with Crippen LogP contribution in [0.5, 0.6) is 0 Å². The molecular formula is C11H11ClFN3S. The molecule has 0 spiro atoms. The average Bonchev–Trinajstić information content (AvgIpc) is 2.68. The zero-order valence-electron chi connectivity index (χ0n) is 9.13. The number of thiazole rings is 1. The first kappa shape index (κ1) is 12.1. The number of hydrogen-bond donors (Lipinski definition) is 2. The third-order valence-corrected chi connectivity index (χ3v) is 3.45. The summed E-state index contributed by atoms with van der Waals surface area (Å²) in [6.45, 7) is 2.48. The fourth-order valence-corrected chi connectivity index (χ4v) is 2.25. The van der Waals surface area contributed by atoms with E-state index in [-0.39, 0.29) is 5.02 Å². The lowest BCUT2D eigenvalue weighted by molar-refractivity contribution is 0.629. The second kappa shape index (κ2) is 4.89. The van der Waals surface area contributed by atoms with Gasteiger partial charge in [-0.25, -0.2) is 9.37 Å². The first-order valence-electron chi connectivity index (χ1n) is 4.95. The van der Waals surface area contributed by atoms with Crippen molar-refractivity contribution in [1.29, 1.82) is 0 Å². The van der Waals surface area contributed by atoms with E-state index >= 15 is 0 Å². The van der Waals surface area contributed by atoms with Crippen molar-refractivity contribution in [2.45, 2.75) is 13.5 Å². The third kappa shape index (κ3) is 2.87. The molecule has 0 aliphatic rings. The minimum absolute atomic E-state index is 0.0528. The van der Waals surface area contributed by atoms with Gasteiger partial charge in [0.05, 0.1) is 22.9 Å². The van der Waals surface area contributed by atoms with Gasteiger partial charge in [-0.05, 0) is 13.0 Å². The average molecular weight is 272 g/mol. The molecule has 0 saturated carbocycles. The summed E-state index contributed by atoms with van der Waals surface area (Å²) >= 11 is 7.25. The maximum absolute atomic E-state index is 13.1. The van der Waals surface area contributed by atoms with E-state index in [1.54, 1.807) is 11.3 Å². The molecule has 0 unspecified atom stereocenters. The number of halogens is 2. The van der Waals surface area contributed by atoms with Gasteiger partial charge in [0, 0.05) is 17.1 Å². The number of benzene rings is 1. The van der Waals surface area contributed by atoms with E-state index in [0.717, 1.165) is 10.7 Å². The molecule has 6 heteroatoms. The first-order valence-corrected chi connectivity index (χ1v) is 6.21. The summed E-state index contributed by atoms with van der Waals surface area (Å²) in [6.07, 6.45) is 0. The number of rotatable bonds is 3. The van der Waals surface area contributed by atoms with Crippen LogP contribution in [0.3, 0.4) is 0 Å². The Bertz CT molecular complexity index is 542. The van der Waals surface area contributed by atoms with Crippen molar-refractivity contribution in [1.82, 2.24) is 4.98 Å². The number of aryl methyl sites for hydroxylation is 1. The van der Waals surface area contributed by atoms with E-state index in [0.29, 0.717) is 17.9 Å². The maximum atomic E-state index is 13.1. The minimum Gasteiger partial charge on any atom is -0.397 e. The zero-order valence-corrected chi connectivity index (χ0v) is 10.7. The number of nitrogens with zero attached hydrogens (tertiary/aromatic N) is 1. The maximum Gasteiger partial charge on any atom is 0.143 e. The van der Waals surface area contributed by atoms with Crippen LogP contribution < -0.4 is 11.1 Å². The molecule has 0 atom stereocenters. The molecule has 1 aromatic carbocycles. The summed E-state index contributed by atoms with van der Waals surface area (Å²) in [5.41, 5.74) is 7.61. The molecule has 2 aromatic rings. The molecule has 90 valence electrons. The molecule has 0 amide bonds. The molecule has 0 saturated heterocycles. The van der Waals surface area contributed by atoms with Gasteiger partial charge in [0.2, 0.25) is 0 Å². The van der Waals surface area contributed by atoms with Crippen molar-refractivity contribution in [2.24, 2.45) is 0 Å². The van der Waals surface area contributed by atoms with Crippen LogP contribution in [0.2, 0.25) is 5.02 Å². The van der Waals surface area contributed by atoms with Gasteiger partial charge < -0.3 is 11.1 Å². The Balaban J connectivity index is 2.11. The summed E-state index contributed by atoms with van der Waals surface area (Å²) < 4.78 is 13.1. The first-order chi connectivity index (χ1) is 8.06. The SMILES string of the molecule is Cc1csc(CNc2cc(Cl)c(F)cc2N)n1. The van der Waals surface area contributed by atoms with Gasteiger partial charge in [0.25, 0.3) is 0 Å². The van der Waals surface area contributed by atoms with Gasteiger partial charge in [0.15, 0.2) is 0 Å². The van der Waals surface area contributed by atoms with Crippen LogP contribution in [0, 0.1) is 12.7 Å². The molecule has 17 heavy (non-hydrogen) atoms. The lowest BCUT2D eigenvalue weighted by Crippen LogP contribution is -2.03. The van der Waals surface area contributed by atoms with Crippen LogP contribution in [0.4, 0.5) is 15.8 Å². The Morgan fingerprint density at radius 3 is 2.94 bits per heavy atom. The second-order valence-corrected chi connectivity index (χ2v) is 4.94. The predicted octanol–water partition coefficient (Wildman–Crippen LogP) is 3.44. The molecular weight excluding hydrogens is 261 g/mol. The fraction of sp³-hybridized carbons (Fsp3) is 0.182. The summed E-state index contributed by atoms with van der Waals surface area (Å²) in [6, 6.07) is 2.68. The summed E-state index contributed by atoms with van der Waals surface area (Å²) in [5, 5.41) is 6.05. The highest BCUT2D eigenvalue weighted by Gasteiger charge is 2.06. The van der Waals surface area contributed by atoms with Crippen LogP contribution in [-0.4, -0.2) is 4.98 Å². The number of nitrogens with one attached hydrogen (secondary N) is 1. The van der Waals surface area contributed by atoms with Gasteiger partial charge in [0.1, 0.15) is 10.8 Å².